The number of aromatic nitrogens is 4. The Kier molecular flexibility index (Phi) is 3.49. The van der Waals surface area contributed by atoms with Gasteiger partial charge in [0.15, 0.2) is 5.65 Å². The summed E-state index contributed by atoms with van der Waals surface area (Å²) in [5.74, 6) is 0.903. The molecule has 0 amide bonds. The number of nitrogens with two attached hydrogens (primary N) is 1. The fourth-order valence-corrected chi connectivity index (χ4v) is 2.98. The molecule has 126 valence electrons. The Balaban J connectivity index is 1.75. The van der Waals surface area contributed by atoms with E-state index in [4.69, 9.17) is 5.73 Å². The Hall–Kier alpha value is -3.22. The maximum Gasteiger partial charge on any atom is 0.157 e. The molecule has 0 fully saturated rings. The van der Waals surface area contributed by atoms with Gasteiger partial charge in [-0.15, -0.1) is 0 Å². The zero-order valence-electron chi connectivity index (χ0n) is 13.9. The van der Waals surface area contributed by atoms with Crippen LogP contribution in [0, 0.1) is 12.7 Å². The minimum absolute atomic E-state index is 0.114. The first-order chi connectivity index (χ1) is 12.0. The highest BCUT2D eigenvalue weighted by molar-refractivity contribution is 5.84. The highest BCUT2D eigenvalue weighted by Crippen LogP contribution is 2.28. The van der Waals surface area contributed by atoms with Crippen LogP contribution in [0.2, 0.25) is 0 Å². The number of benzene rings is 1. The average molecular weight is 336 g/mol. The summed E-state index contributed by atoms with van der Waals surface area (Å²) in [5.41, 5.74) is 8.84. The fraction of sp³-hybridized carbons (Fsp3) is 0.167. The smallest absolute Gasteiger partial charge is 0.157 e. The van der Waals surface area contributed by atoms with Gasteiger partial charge < -0.3 is 11.1 Å². The van der Waals surface area contributed by atoms with Gasteiger partial charge >= 0.3 is 0 Å². The van der Waals surface area contributed by atoms with Crippen molar-refractivity contribution in [3.63, 3.8) is 0 Å². The van der Waals surface area contributed by atoms with Crippen molar-refractivity contribution in [3.8, 4) is 0 Å². The minimum atomic E-state index is -0.281. The molecule has 0 spiro atoms. The quantitative estimate of drug-likeness (QED) is 0.598. The molecule has 3 N–H and O–H groups in total. The van der Waals surface area contributed by atoms with Crippen molar-refractivity contribution in [1.82, 2.24) is 19.6 Å². The fourth-order valence-electron chi connectivity index (χ4n) is 2.98. The van der Waals surface area contributed by atoms with Crippen LogP contribution in [0.15, 0.2) is 42.7 Å². The van der Waals surface area contributed by atoms with E-state index >= 15 is 0 Å². The van der Waals surface area contributed by atoms with Gasteiger partial charge in [0.1, 0.15) is 17.5 Å². The van der Waals surface area contributed by atoms with Gasteiger partial charge in [-0.2, -0.15) is 9.61 Å². The normalized spacial score (nSPS) is 12.6. The summed E-state index contributed by atoms with van der Waals surface area (Å²) >= 11 is 0. The third-order valence-corrected chi connectivity index (χ3v) is 4.36. The third-order valence-electron chi connectivity index (χ3n) is 4.36. The van der Waals surface area contributed by atoms with Gasteiger partial charge in [0, 0.05) is 28.8 Å². The van der Waals surface area contributed by atoms with Gasteiger partial charge in [0.2, 0.25) is 0 Å². The van der Waals surface area contributed by atoms with Gasteiger partial charge in [-0.3, -0.25) is 0 Å². The molecule has 1 aromatic carbocycles. The minimum Gasteiger partial charge on any atom is -0.383 e. The molecule has 0 aliphatic carbocycles. The molecule has 0 aliphatic rings. The molecule has 3 aromatic heterocycles. The van der Waals surface area contributed by atoms with Gasteiger partial charge in [0.05, 0.1) is 17.8 Å². The van der Waals surface area contributed by atoms with Crippen molar-refractivity contribution in [2.24, 2.45) is 0 Å². The second-order valence-corrected chi connectivity index (χ2v) is 6.00. The van der Waals surface area contributed by atoms with E-state index in [1.807, 2.05) is 25.1 Å². The van der Waals surface area contributed by atoms with Crippen molar-refractivity contribution < 1.29 is 4.39 Å². The number of nitrogens with zero attached hydrogens (tertiary/aromatic N) is 4. The number of pyridine rings is 1. The van der Waals surface area contributed by atoms with Crippen molar-refractivity contribution in [2.45, 2.75) is 19.9 Å². The SMILES string of the molecule is Cc1c(F)ccc2cc([C@H](C)Nc3ccnc4ccnn34)c(N)nc12. The number of fused-ring (bicyclic) bond motifs is 2. The van der Waals surface area contributed by atoms with Crippen LogP contribution in [0.5, 0.6) is 0 Å². The van der Waals surface area contributed by atoms with Crippen LogP contribution in [-0.4, -0.2) is 19.6 Å². The first-order valence-corrected chi connectivity index (χ1v) is 7.95. The Morgan fingerprint density at radius 3 is 2.88 bits per heavy atom. The largest absolute Gasteiger partial charge is 0.383 e. The van der Waals surface area contributed by atoms with Crippen LogP contribution in [0.4, 0.5) is 16.0 Å². The van der Waals surface area contributed by atoms with E-state index in [1.165, 1.54) is 6.07 Å². The number of halogens is 1. The molecule has 6 nitrogen and oxygen atoms in total. The zero-order valence-corrected chi connectivity index (χ0v) is 13.9. The molecule has 1 atom stereocenters. The Labute approximate surface area is 143 Å². The Morgan fingerprint density at radius 2 is 2.04 bits per heavy atom. The lowest BCUT2D eigenvalue weighted by atomic mass is 10.0. The van der Waals surface area contributed by atoms with Crippen LogP contribution >= 0.6 is 0 Å². The number of anilines is 2. The van der Waals surface area contributed by atoms with Crippen LogP contribution in [-0.2, 0) is 0 Å². The molecule has 4 aromatic rings. The van der Waals surface area contributed by atoms with Gasteiger partial charge in [-0.05, 0) is 38.1 Å². The lowest BCUT2D eigenvalue weighted by Gasteiger charge is -2.18. The van der Waals surface area contributed by atoms with Crippen LogP contribution < -0.4 is 11.1 Å². The average Bonchev–Trinajstić information content (AvgIpc) is 3.08. The topological polar surface area (TPSA) is 81.1 Å². The molecule has 0 saturated carbocycles. The number of hydrogen-bond donors (Lipinski definition) is 2. The molecule has 0 bridgehead atoms. The number of nitrogen functional groups attached to an aromatic ring is 1. The predicted octanol–water partition coefficient (Wildman–Crippen LogP) is 3.48. The summed E-state index contributed by atoms with van der Waals surface area (Å²) in [7, 11) is 0. The van der Waals surface area contributed by atoms with E-state index < -0.39 is 0 Å². The lowest BCUT2D eigenvalue weighted by Crippen LogP contribution is -2.13. The second-order valence-electron chi connectivity index (χ2n) is 6.00. The molecular formula is C18H17FN6. The van der Waals surface area contributed by atoms with Crippen LogP contribution in [0.25, 0.3) is 16.6 Å². The van der Waals surface area contributed by atoms with Gasteiger partial charge in [-0.1, -0.05) is 0 Å². The van der Waals surface area contributed by atoms with Crippen LogP contribution in [0.1, 0.15) is 24.1 Å². The van der Waals surface area contributed by atoms with E-state index in [1.54, 1.807) is 29.9 Å². The van der Waals surface area contributed by atoms with E-state index in [-0.39, 0.29) is 11.9 Å². The number of nitrogens with one attached hydrogen (secondary N) is 1. The number of hydrogen-bond acceptors (Lipinski definition) is 5. The Bertz CT molecular complexity index is 1090. The molecule has 4 rings (SSSR count). The van der Waals surface area contributed by atoms with Crippen molar-refractivity contribution in [1.29, 1.82) is 0 Å². The van der Waals surface area contributed by atoms with E-state index in [9.17, 15) is 4.39 Å². The lowest BCUT2D eigenvalue weighted by molar-refractivity contribution is 0.620. The molecule has 0 radical (unpaired) electrons. The van der Waals surface area contributed by atoms with E-state index in [0.717, 1.165) is 22.4 Å². The summed E-state index contributed by atoms with van der Waals surface area (Å²) in [6.07, 6.45) is 3.42. The molecule has 0 aliphatic heterocycles. The van der Waals surface area contributed by atoms with Crippen molar-refractivity contribution in [2.75, 3.05) is 11.1 Å². The molecular weight excluding hydrogens is 319 g/mol. The summed E-state index contributed by atoms with van der Waals surface area (Å²) < 4.78 is 15.5. The number of aryl methyl sites for hydroxylation is 1. The summed E-state index contributed by atoms with van der Waals surface area (Å²) in [4.78, 5) is 8.66. The van der Waals surface area contributed by atoms with Crippen molar-refractivity contribution in [3.05, 3.63) is 59.7 Å². The van der Waals surface area contributed by atoms with Gasteiger partial charge in [0.25, 0.3) is 0 Å². The zero-order chi connectivity index (χ0) is 17.6. The Morgan fingerprint density at radius 1 is 1.20 bits per heavy atom. The number of rotatable bonds is 3. The van der Waals surface area contributed by atoms with Crippen LogP contribution in [0.3, 0.4) is 0 Å². The molecule has 0 unspecified atom stereocenters. The highest BCUT2D eigenvalue weighted by Gasteiger charge is 2.15. The van der Waals surface area contributed by atoms with E-state index in [2.05, 4.69) is 20.4 Å². The molecule has 0 saturated heterocycles. The predicted molar refractivity (Wildman–Crippen MR) is 95.9 cm³/mol. The first kappa shape index (κ1) is 15.3. The van der Waals surface area contributed by atoms with Gasteiger partial charge in [-0.25, -0.2) is 14.4 Å². The third kappa shape index (κ3) is 2.53. The standard InChI is InChI=1S/C18H17FN6/c1-10-14(19)4-3-12-9-13(18(20)24-17(10)12)11(2)23-16-5-7-21-15-6-8-22-25(15)16/h3-9,11,23H,1-2H3,(H2,20,24)/t11-/m0/s1. The van der Waals surface area contributed by atoms with Crippen molar-refractivity contribution >= 4 is 28.2 Å². The van der Waals surface area contributed by atoms with E-state index in [0.29, 0.717) is 16.9 Å². The summed E-state index contributed by atoms with van der Waals surface area (Å²) in [5, 5.41) is 8.50. The molecule has 3 heterocycles. The first-order valence-electron chi connectivity index (χ1n) is 7.95. The molecule has 7 heteroatoms. The highest BCUT2D eigenvalue weighted by atomic mass is 19.1. The monoisotopic (exact) mass is 336 g/mol. The maximum absolute atomic E-state index is 13.7. The summed E-state index contributed by atoms with van der Waals surface area (Å²) in [6, 6.07) is 8.69. The summed E-state index contributed by atoms with van der Waals surface area (Å²) in [6.45, 7) is 3.70. The second kappa shape index (κ2) is 5.70. The maximum atomic E-state index is 13.7. The molecule has 25 heavy (non-hydrogen) atoms.